The second kappa shape index (κ2) is 11.1. The summed E-state index contributed by atoms with van der Waals surface area (Å²) in [5.41, 5.74) is -0.237. The number of nitrogens with zero attached hydrogens (tertiary/aromatic N) is 2. The minimum Gasteiger partial charge on any atom is -0.461 e. The number of amides is 1. The molecule has 0 saturated carbocycles. The van der Waals surface area contributed by atoms with Gasteiger partial charge in [0.15, 0.2) is 5.13 Å². The van der Waals surface area contributed by atoms with Gasteiger partial charge >= 0.3 is 18.2 Å². The lowest BCUT2D eigenvalue weighted by Crippen LogP contribution is -2.27. The Bertz CT molecular complexity index is 936. The van der Waals surface area contributed by atoms with Gasteiger partial charge in [0, 0.05) is 5.38 Å². The van der Waals surface area contributed by atoms with Crippen LogP contribution in [0, 0.1) is 0 Å². The molecule has 1 heterocycles. The molecule has 0 aliphatic heterocycles. The third-order valence-corrected chi connectivity index (χ3v) is 3.99. The molecule has 0 spiro atoms. The van der Waals surface area contributed by atoms with Crippen LogP contribution in [0.2, 0.25) is 0 Å². The van der Waals surface area contributed by atoms with Crippen LogP contribution < -0.4 is 5.32 Å². The van der Waals surface area contributed by atoms with E-state index in [0.29, 0.717) is 0 Å². The predicted molar refractivity (Wildman–Crippen MR) is 113 cm³/mol. The molecule has 0 aliphatic rings. The fourth-order valence-corrected chi connectivity index (χ4v) is 2.73. The van der Waals surface area contributed by atoms with Crippen LogP contribution in [0.15, 0.2) is 40.9 Å². The number of hydrogen-bond donors (Lipinski definition) is 1. The zero-order chi connectivity index (χ0) is 22.9. The van der Waals surface area contributed by atoms with Gasteiger partial charge in [0.1, 0.15) is 17.9 Å². The van der Waals surface area contributed by atoms with E-state index in [9.17, 15) is 14.4 Å². The van der Waals surface area contributed by atoms with Crippen LogP contribution in [0.4, 0.5) is 14.7 Å². The van der Waals surface area contributed by atoms with Gasteiger partial charge < -0.3 is 14.2 Å². The van der Waals surface area contributed by atoms with Gasteiger partial charge in [0.2, 0.25) is 5.71 Å². The van der Waals surface area contributed by atoms with Gasteiger partial charge in [-0.05, 0) is 33.3 Å². The van der Waals surface area contributed by atoms with Crippen molar-refractivity contribution in [3.63, 3.8) is 0 Å². The summed E-state index contributed by atoms with van der Waals surface area (Å²) in [5, 5.41) is 7.60. The number of hydrogen-bond acceptors (Lipinski definition) is 10. The number of anilines is 1. The van der Waals surface area contributed by atoms with Gasteiger partial charge in [-0.2, -0.15) is 0 Å². The number of carbonyl (C=O) groups is 3. The molecule has 0 saturated heterocycles. The first-order chi connectivity index (χ1) is 14.7. The average Bonchev–Trinajstić information content (AvgIpc) is 3.14. The van der Waals surface area contributed by atoms with Crippen molar-refractivity contribution in [1.82, 2.24) is 4.98 Å². The third-order valence-electron chi connectivity index (χ3n) is 3.23. The maximum Gasteiger partial charge on any atom is 0.535 e. The molecule has 0 unspecified atom stereocenters. The van der Waals surface area contributed by atoms with Crippen LogP contribution in [-0.4, -0.2) is 41.1 Å². The SMILES string of the molecule is CCOC(=O)C(=NOC(=O)OCc1ccccc1)c1csc(NC(=O)OC(C)(C)C)n1. The molecule has 11 heteroatoms. The fraction of sp³-hybridized carbons (Fsp3) is 0.350. The van der Waals surface area contributed by atoms with Crippen molar-refractivity contribution in [3.8, 4) is 0 Å². The minimum absolute atomic E-state index is 0.0232. The van der Waals surface area contributed by atoms with E-state index in [4.69, 9.17) is 14.2 Å². The largest absolute Gasteiger partial charge is 0.535 e. The van der Waals surface area contributed by atoms with E-state index in [1.807, 2.05) is 6.07 Å². The fourth-order valence-electron chi connectivity index (χ4n) is 2.04. The zero-order valence-corrected chi connectivity index (χ0v) is 18.4. The van der Waals surface area contributed by atoms with Crippen molar-refractivity contribution >= 4 is 40.4 Å². The minimum atomic E-state index is -1.10. The van der Waals surface area contributed by atoms with Gasteiger partial charge in [0.25, 0.3) is 0 Å². The smallest absolute Gasteiger partial charge is 0.461 e. The Morgan fingerprint density at radius 3 is 2.48 bits per heavy atom. The van der Waals surface area contributed by atoms with E-state index in [2.05, 4.69) is 20.3 Å². The molecule has 0 bridgehead atoms. The molecule has 0 aliphatic carbocycles. The van der Waals surface area contributed by atoms with Crippen molar-refractivity contribution in [2.24, 2.45) is 5.16 Å². The van der Waals surface area contributed by atoms with Gasteiger partial charge in [-0.1, -0.05) is 35.5 Å². The number of esters is 1. The second-order valence-electron chi connectivity index (χ2n) is 6.94. The molecule has 1 aromatic heterocycles. The summed E-state index contributed by atoms with van der Waals surface area (Å²) in [4.78, 5) is 44.7. The molecule has 0 radical (unpaired) electrons. The maximum absolute atomic E-state index is 12.2. The summed E-state index contributed by atoms with van der Waals surface area (Å²) in [6.45, 7) is 6.83. The molecule has 1 amide bonds. The Morgan fingerprint density at radius 1 is 1.13 bits per heavy atom. The molecule has 1 aromatic carbocycles. The van der Waals surface area contributed by atoms with Crippen LogP contribution >= 0.6 is 11.3 Å². The zero-order valence-electron chi connectivity index (χ0n) is 17.5. The predicted octanol–water partition coefficient (Wildman–Crippen LogP) is 4.11. The first-order valence-electron chi connectivity index (χ1n) is 9.26. The molecular weight excluding hydrogens is 426 g/mol. The van der Waals surface area contributed by atoms with E-state index < -0.39 is 23.8 Å². The van der Waals surface area contributed by atoms with E-state index >= 15 is 0 Å². The molecule has 2 aromatic rings. The third kappa shape index (κ3) is 8.42. The number of ether oxygens (including phenoxy) is 3. The molecule has 10 nitrogen and oxygen atoms in total. The summed E-state index contributed by atoms with van der Waals surface area (Å²) in [5.74, 6) is -0.854. The Labute approximate surface area is 183 Å². The summed E-state index contributed by atoms with van der Waals surface area (Å²) in [6, 6.07) is 8.97. The first-order valence-corrected chi connectivity index (χ1v) is 10.1. The van der Waals surface area contributed by atoms with Crippen LogP contribution in [0.3, 0.4) is 0 Å². The highest BCUT2D eigenvalue weighted by atomic mass is 32.1. The summed E-state index contributed by atoms with van der Waals surface area (Å²) in [7, 11) is 0. The lowest BCUT2D eigenvalue weighted by atomic mass is 10.2. The summed E-state index contributed by atoms with van der Waals surface area (Å²) >= 11 is 1.03. The van der Waals surface area contributed by atoms with E-state index in [0.717, 1.165) is 16.9 Å². The summed E-state index contributed by atoms with van der Waals surface area (Å²) < 4.78 is 15.0. The van der Waals surface area contributed by atoms with Crippen molar-refractivity contribution in [2.45, 2.75) is 39.9 Å². The standard InChI is InChI=1S/C20H23N3O7S/c1-5-27-16(24)15(23-30-19(26)28-11-13-9-7-6-8-10-13)14-12-31-17(21-14)22-18(25)29-20(2,3)4/h6-10,12H,5,11H2,1-4H3,(H,21,22,25). The number of oxime groups is 1. The highest BCUT2D eigenvalue weighted by Crippen LogP contribution is 2.18. The number of carbonyl (C=O) groups excluding carboxylic acids is 3. The Hall–Kier alpha value is -3.47. The molecular formula is C20H23N3O7S. The molecule has 2 rings (SSSR count). The van der Waals surface area contributed by atoms with Crippen molar-refractivity contribution in [3.05, 3.63) is 47.0 Å². The normalized spacial score (nSPS) is 11.4. The number of rotatable bonds is 7. The molecule has 0 atom stereocenters. The van der Waals surface area contributed by atoms with Crippen LogP contribution in [0.1, 0.15) is 39.0 Å². The van der Waals surface area contributed by atoms with Gasteiger partial charge in [0.05, 0.1) is 6.61 Å². The topological polar surface area (TPSA) is 125 Å². The second-order valence-corrected chi connectivity index (χ2v) is 7.80. The Morgan fingerprint density at radius 2 is 1.84 bits per heavy atom. The number of thiazole rings is 1. The van der Waals surface area contributed by atoms with Crippen LogP contribution in [-0.2, 0) is 30.4 Å². The highest BCUT2D eigenvalue weighted by molar-refractivity contribution is 7.14. The molecule has 0 fully saturated rings. The lowest BCUT2D eigenvalue weighted by molar-refractivity contribution is -0.135. The lowest BCUT2D eigenvalue weighted by Gasteiger charge is -2.18. The van der Waals surface area contributed by atoms with Gasteiger partial charge in [-0.15, -0.1) is 11.3 Å². The van der Waals surface area contributed by atoms with Gasteiger partial charge in [-0.25, -0.2) is 19.4 Å². The van der Waals surface area contributed by atoms with E-state index in [1.165, 1.54) is 5.38 Å². The monoisotopic (exact) mass is 449 g/mol. The molecule has 1 N–H and O–H groups in total. The maximum atomic E-state index is 12.2. The Balaban J connectivity index is 2.06. The summed E-state index contributed by atoms with van der Waals surface area (Å²) in [6.07, 6.45) is -1.81. The van der Waals surface area contributed by atoms with Gasteiger partial charge in [-0.3, -0.25) is 10.2 Å². The first kappa shape index (κ1) is 23.8. The van der Waals surface area contributed by atoms with Crippen LogP contribution in [0.25, 0.3) is 0 Å². The number of aromatic nitrogens is 1. The van der Waals surface area contributed by atoms with Crippen LogP contribution in [0.5, 0.6) is 0 Å². The Kier molecular flexibility index (Phi) is 8.50. The van der Waals surface area contributed by atoms with E-state index in [-0.39, 0.29) is 29.8 Å². The quantitative estimate of drug-likeness (QED) is 0.220. The van der Waals surface area contributed by atoms with Crippen molar-refractivity contribution in [1.29, 1.82) is 0 Å². The van der Waals surface area contributed by atoms with Crippen molar-refractivity contribution in [2.75, 3.05) is 11.9 Å². The average molecular weight is 449 g/mol. The molecule has 166 valence electrons. The molecule has 31 heavy (non-hydrogen) atoms. The van der Waals surface area contributed by atoms with E-state index in [1.54, 1.807) is 52.0 Å². The number of nitrogens with one attached hydrogen (secondary N) is 1. The number of benzene rings is 1. The van der Waals surface area contributed by atoms with Crippen molar-refractivity contribution < 1.29 is 33.4 Å². The highest BCUT2D eigenvalue weighted by Gasteiger charge is 2.23.